The minimum absolute atomic E-state index is 0.0434. The molecular weight excluding hydrogens is 226 g/mol. The summed E-state index contributed by atoms with van der Waals surface area (Å²) >= 11 is 4.73. The molecule has 0 unspecified atom stereocenters. The van der Waals surface area contributed by atoms with Crippen LogP contribution in [0.3, 0.4) is 0 Å². The van der Waals surface area contributed by atoms with E-state index in [-0.39, 0.29) is 23.5 Å². The lowest BCUT2D eigenvalue weighted by Crippen LogP contribution is -2.48. The SMILES string of the molecule is NC(=S)CN1C(=O)NC2(CCCCC2)C1=O. The van der Waals surface area contributed by atoms with Crippen LogP contribution in [0, 0.1) is 0 Å². The molecule has 1 spiro atoms. The number of hydrogen-bond donors (Lipinski definition) is 2. The van der Waals surface area contributed by atoms with Gasteiger partial charge in [-0.2, -0.15) is 0 Å². The maximum Gasteiger partial charge on any atom is 0.325 e. The van der Waals surface area contributed by atoms with Crippen LogP contribution in [0.25, 0.3) is 0 Å². The van der Waals surface area contributed by atoms with E-state index in [1.807, 2.05) is 0 Å². The van der Waals surface area contributed by atoms with Gasteiger partial charge in [0.15, 0.2) is 0 Å². The molecule has 0 aromatic carbocycles. The molecule has 0 radical (unpaired) electrons. The highest BCUT2D eigenvalue weighted by molar-refractivity contribution is 7.80. The first-order chi connectivity index (χ1) is 7.55. The average Bonchev–Trinajstić information content (AvgIpc) is 2.44. The first-order valence-corrected chi connectivity index (χ1v) is 5.88. The summed E-state index contributed by atoms with van der Waals surface area (Å²) in [5.74, 6) is -0.162. The Hall–Kier alpha value is -1.17. The third kappa shape index (κ3) is 1.77. The normalized spacial score (nSPS) is 23.6. The topological polar surface area (TPSA) is 75.4 Å². The second kappa shape index (κ2) is 4.01. The maximum atomic E-state index is 12.2. The zero-order valence-electron chi connectivity index (χ0n) is 8.99. The van der Waals surface area contributed by atoms with Crippen LogP contribution < -0.4 is 11.1 Å². The molecule has 1 heterocycles. The monoisotopic (exact) mass is 241 g/mol. The van der Waals surface area contributed by atoms with Crippen LogP contribution in [-0.4, -0.2) is 33.9 Å². The lowest BCUT2D eigenvalue weighted by atomic mass is 9.82. The summed E-state index contributed by atoms with van der Waals surface area (Å²) in [6.07, 6.45) is 4.54. The summed E-state index contributed by atoms with van der Waals surface area (Å²) in [6, 6.07) is -0.361. The van der Waals surface area contributed by atoms with Gasteiger partial charge in [-0.3, -0.25) is 9.69 Å². The van der Waals surface area contributed by atoms with Gasteiger partial charge in [-0.05, 0) is 12.8 Å². The number of carbonyl (C=O) groups excluding carboxylic acids is 2. The molecule has 3 N–H and O–H groups in total. The molecule has 5 nitrogen and oxygen atoms in total. The van der Waals surface area contributed by atoms with Crippen molar-refractivity contribution in [2.24, 2.45) is 5.73 Å². The largest absolute Gasteiger partial charge is 0.392 e. The zero-order valence-corrected chi connectivity index (χ0v) is 9.81. The van der Waals surface area contributed by atoms with E-state index in [4.69, 9.17) is 18.0 Å². The Morgan fingerprint density at radius 2 is 2.00 bits per heavy atom. The van der Waals surface area contributed by atoms with E-state index in [1.54, 1.807) is 0 Å². The van der Waals surface area contributed by atoms with Crippen molar-refractivity contribution in [2.75, 3.05) is 6.54 Å². The highest BCUT2D eigenvalue weighted by Gasteiger charge is 2.51. The second-order valence-electron chi connectivity index (χ2n) is 4.43. The first-order valence-electron chi connectivity index (χ1n) is 5.48. The van der Waals surface area contributed by atoms with E-state index in [2.05, 4.69) is 5.32 Å². The van der Waals surface area contributed by atoms with Crippen molar-refractivity contribution in [2.45, 2.75) is 37.6 Å². The average molecular weight is 241 g/mol. The number of rotatable bonds is 2. The fraction of sp³-hybridized carbons (Fsp3) is 0.700. The number of urea groups is 1. The van der Waals surface area contributed by atoms with Gasteiger partial charge in [-0.1, -0.05) is 31.5 Å². The Morgan fingerprint density at radius 1 is 1.38 bits per heavy atom. The number of carbonyl (C=O) groups is 2. The summed E-state index contributed by atoms with van der Waals surface area (Å²) < 4.78 is 0. The molecule has 0 aromatic rings. The Labute approximate surface area is 99.3 Å². The molecule has 2 rings (SSSR count). The Kier molecular flexibility index (Phi) is 2.84. The van der Waals surface area contributed by atoms with Crippen LogP contribution in [-0.2, 0) is 4.79 Å². The van der Waals surface area contributed by atoms with Crippen molar-refractivity contribution in [1.82, 2.24) is 10.2 Å². The maximum absolute atomic E-state index is 12.2. The van der Waals surface area contributed by atoms with Crippen molar-refractivity contribution in [1.29, 1.82) is 0 Å². The molecule has 1 aliphatic carbocycles. The molecule has 2 aliphatic rings. The molecule has 1 aliphatic heterocycles. The molecular formula is C10H15N3O2S. The van der Waals surface area contributed by atoms with E-state index < -0.39 is 5.54 Å². The van der Waals surface area contributed by atoms with E-state index in [1.165, 1.54) is 0 Å². The minimum atomic E-state index is -0.667. The Morgan fingerprint density at radius 3 is 2.56 bits per heavy atom. The van der Waals surface area contributed by atoms with Gasteiger partial charge in [0.05, 0.1) is 11.5 Å². The van der Waals surface area contributed by atoms with Crippen molar-refractivity contribution in [3.05, 3.63) is 0 Å². The van der Waals surface area contributed by atoms with Gasteiger partial charge in [0, 0.05) is 0 Å². The second-order valence-corrected chi connectivity index (χ2v) is 4.95. The van der Waals surface area contributed by atoms with Crippen LogP contribution in [0.2, 0.25) is 0 Å². The highest BCUT2D eigenvalue weighted by Crippen LogP contribution is 2.33. The lowest BCUT2D eigenvalue weighted by molar-refractivity contribution is -0.131. The molecule has 6 heteroatoms. The fourth-order valence-corrected chi connectivity index (χ4v) is 2.60. The molecule has 0 bridgehead atoms. The predicted molar refractivity (Wildman–Crippen MR) is 62.8 cm³/mol. The van der Waals surface area contributed by atoms with E-state index in [0.29, 0.717) is 0 Å². The molecule has 2 fully saturated rings. The van der Waals surface area contributed by atoms with Gasteiger partial charge in [-0.15, -0.1) is 0 Å². The zero-order chi connectivity index (χ0) is 11.8. The van der Waals surface area contributed by atoms with Crippen molar-refractivity contribution in [3.63, 3.8) is 0 Å². The van der Waals surface area contributed by atoms with Crippen LogP contribution in [0.4, 0.5) is 4.79 Å². The third-order valence-electron chi connectivity index (χ3n) is 3.27. The number of hydrogen-bond acceptors (Lipinski definition) is 3. The summed E-state index contributed by atoms with van der Waals surface area (Å²) in [5.41, 5.74) is 4.71. The quantitative estimate of drug-likeness (QED) is 0.546. The lowest BCUT2D eigenvalue weighted by Gasteiger charge is -2.30. The fourth-order valence-electron chi connectivity index (χ4n) is 2.47. The molecule has 0 atom stereocenters. The Bertz CT molecular complexity index is 350. The van der Waals surface area contributed by atoms with Crippen LogP contribution in [0.15, 0.2) is 0 Å². The molecule has 1 saturated carbocycles. The van der Waals surface area contributed by atoms with E-state index in [0.717, 1.165) is 37.0 Å². The molecule has 0 aromatic heterocycles. The van der Waals surface area contributed by atoms with Crippen molar-refractivity contribution < 1.29 is 9.59 Å². The van der Waals surface area contributed by atoms with Gasteiger partial charge in [-0.25, -0.2) is 4.79 Å². The number of nitrogens with zero attached hydrogens (tertiary/aromatic N) is 1. The summed E-state index contributed by atoms with van der Waals surface area (Å²) in [5, 5.41) is 2.80. The van der Waals surface area contributed by atoms with Gasteiger partial charge in [0.25, 0.3) is 5.91 Å². The highest BCUT2D eigenvalue weighted by atomic mass is 32.1. The van der Waals surface area contributed by atoms with Crippen LogP contribution in [0.5, 0.6) is 0 Å². The summed E-state index contributed by atoms with van der Waals surface area (Å²) in [7, 11) is 0. The number of thiocarbonyl (C=S) groups is 1. The smallest absolute Gasteiger partial charge is 0.325 e. The van der Waals surface area contributed by atoms with Gasteiger partial charge < -0.3 is 11.1 Å². The van der Waals surface area contributed by atoms with Crippen molar-refractivity contribution in [3.8, 4) is 0 Å². The number of imide groups is 1. The number of nitrogens with one attached hydrogen (secondary N) is 1. The van der Waals surface area contributed by atoms with Crippen LogP contribution >= 0.6 is 12.2 Å². The molecule has 16 heavy (non-hydrogen) atoms. The number of nitrogens with two attached hydrogens (primary N) is 1. The summed E-state index contributed by atoms with van der Waals surface area (Å²) in [6.45, 7) is 0.0434. The van der Waals surface area contributed by atoms with Gasteiger partial charge in [0.2, 0.25) is 0 Å². The van der Waals surface area contributed by atoms with E-state index >= 15 is 0 Å². The van der Waals surface area contributed by atoms with Gasteiger partial charge >= 0.3 is 6.03 Å². The third-order valence-corrected chi connectivity index (χ3v) is 3.40. The van der Waals surface area contributed by atoms with Gasteiger partial charge in [0.1, 0.15) is 5.54 Å². The molecule has 3 amide bonds. The summed E-state index contributed by atoms with van der Waals surface area (Å²) in [4.78, 5) is 25.1. The first kappa shape index (κ1) is 11.3. The minimum Gasteiger partial charge on any atom is -0.392 e. The standard InChI is InChI=1S/C10H15N3O2S/c11-7(16)6-13-8(14)10(12-9(13)15)4-2-1-3-5-10/h1-6H2,(H2,11,16)(H,12,15). The Balaban J connectivity index is 2.17. The number of amides is 3. The molecule has 88 valence electrons. The molecule has 1 saturated heterocycles. The van der Waals surface area contributed by atoms with E-state index in [9.17, 15) is 9.59 Å². The predicted octanol–water partition coefficient (Wildman–Crippen LogP) is 0.527. The van der Waals surface area contributed by atoms with Crippen molar-refractivity contribution >= 4 is 29.1 Å². The van der Waals surface area contributed by atoms with Crippen LogP contribution in [0.1, 0.15) is 32.1 Å².